The molecule has 5 rings (SSSR count). The number of hydrogen-bond acceptors (Lipinski definition) is 7. The van der Waals surface area contributed by atoms with Crippen LogP contribution in [0.3, 0.4) is 0 Å². The van der Waals surface area contributed by atoms with Crippen LogP contribution >= 0.6 is 0 Å². The summed E-state index contributed by atoms with van der Waals surface area (Å²) in [6.45, 7) is 15.3. The third kappa shape index (κ3) is 15.2. The molecule has 0 spiro atoms. The fourth-order valence-corrected chi connectivity index (χ4v) is 6.42. The molecule has 2 fully saturated rings. The Morgan fingerprint density at radius 3 is 2.04 bits per heavy atom. The van der Waals surface area contributed by atoms with Crippen molar-refractivity contribution in [2.45, 2.75) is 58.3 Å². The highest BCUT2D eigenvalue weighted by Crippen LogP contribution is 2.26. The number of benzene rings is 3. The summed E-state index contributed by atoms with van der Waals surface area (Å²) in [7, 11) is 2.36. The third-order valence-corrected chi connectivity index (χ3v) is 9.33. The van der Waals surface area contributed by atoms with E-state index in [0.717, 1.165) is 67.0 Å². The average molecular weight is 800 g/mol. The maximum atomic E-state index is 15.0. The molecule has 2 aliphatic heterocycles. The molecule has 1 atom stereocenters. The van der Waals surface area contributed by atoms with Crippen molar-refractivity contribution in [2.24, 2.45) is 0 Å². The third-order valence-electron chi connectivity index (χ3n) is 9.33. The summed E-state index contributed by atoms with van der Waals surface area (Å²) in [6, 6.07) is 21.7. The SMILES string of the molecule is CCC[N+]1(C)CCN(Cc2cccc(C(=O)NCc3ccc(F)c(-c4cccc(CN5CCN[C@@H](C)C5)c4)c3)c2)CC1.O=C(O)C(F)(F)F.O=C([O-])C(F)(F)F. The minimum atomic E-state index is -5.19. The summed E-state index contributed by atoms with van der Waals surface area (Å²) < 4.78 is 79.4. The van der Waals surface area contributed by atoms with Gasteiger partial charge in [0.1, 0.15) is 11.8 Å². The van der Waals surface area contributed by atoms with Gasteiger partial charge >= 0.3 is 18.3 Å². The predicted octanol–water partition coefficient (Wildman–Crippen LogP) is 4.82. The summed E-state index contributed by atoms with van der Waals surface area (Å²) in [5.74, 6) is -6.13. The average Bonchev–Trinajstić information content (AvgIpc) is 3.12. The van der Waals surface area contributed by atoms with E-state index in [9.17, 15) is 35.5 Å². The van der Waals surface area contributed by atoms with E-state index in [0.29, 0.717) is 23.7 Å². The molecular weight excluding hydrogens is 751 g/mol. The number of carbonyl (C=O) groups excluding carboxylic acids is 2. The number of nitrogens with one attached hydrogen (secondary N) is 2. The number of carboxylic acids is 2. The van der Waals surface area contributed by atoms with Gasteiger partial charge in [-0.1, -0.05) is 43.3 Å². The van der Waals surface area contributed by atoms with Crippen LogP contribution in [0.4, 0.5) is 30.7 Å². The fraction of sp³-hybridized carbons (Fsp3) is 0.462. The second-order valence-electron chi connectivity index (χ2n) is 14.1. The molecule has 0 unspecified atom stereocenters. The number of alkyl halides is 6. The van der Waals surface area contributed by atoms with Crippen LogP contribution in [0.2, 0.25) is 0 Å². The van der Waals surface area contributed by atoms with E-state index < -0.39 is 24.3 Å². The number of quaternary nitrogens is 1. The Morgan fingerprint density at radius 1 is 0.875 bits per heavy atom. The van der Waals surface area contributed by atoms with Crippen LogP contribution in [-0.4, -0.2) is 115 Å². The monoisotopic (exact) mass is 799 g/mol. The van der Waals surface area contributed by atoms with E-state index in [1.807, 2.05) is 36.4 Å². The van der Waals surface area contributed by atoms with Crippen LogP contribution in [0.15, 0.2) is 66.7 Å². The number of carbonyl (C=O) groups is 3. The van der Waals surface area contributed by atoms with E-state index in [1.54, 1.807) is 6.07 Å². The molecule has 17 heteroatoms. The number of nitrogens with zero attached hydrogens (tertiary/aromatic N) is 3. The molecule has 0 aromatic heterocycles. The number of rotatable bonds is 10. The molecule has 2 aliphatic rings. The number of amides is 1. The first kappa shape index (κ1) is 45.8. The Labute approximate surface area is 321 Å². The summed E-state index contributed by atoms with van der Waals surface area (Å²) in [5.41, 5.74) is 5.30. The van der Waals surface area contributed by atoms with Crippen molar-refractivity contribution >= 4 is 17.8 Å². The lowest BCUT2D eigenvalue weighted by Gasteiger charge is -2.42. The summed E-state index contributed by atoms with van der Waals surface area (Å²) >= 11 is 0. The van der Waals surface area contributed by atoms with Crippen LogP contribution in [0.5, 0.6) is 0 Å². The van der Waals surface area contributed by atoms with Gasteiger partial charge in [-0.3, -0.25) is 14.6 Å². The van der Waals surface area contributed by atoms with Gasteiger partial charge < -0.3 is 30.1 Å². The van der Waals surface area contributed by atoms with Crippen LogP contribution < -0.4 is 15.7 Å². The number of aliphatic carboxylic acids is 2. The van der Waals surface area contributed by atoms with Gasteiger partial charge in [0.2, 0.25) is 0 Å². The number of carboxylic acid groups (broad SMARTS) is 2. The van der Waals surface area contributed by atoms with Crippen molar-refractivity contribution in [3.8, 4) is 11.1 Å². The molecule has 1 amide bonds. The van der Waals surface area contributed by atoms with E-state index in [-0.39, 0.29) is 11.7 Å². The van der Waals surface area contributed by atoms with Crippen LogP contribution in [0, 0.1) is 5.82 Å². The highest BCUT2D eigenvalue weighted by atomic mass is 19.4. The van der Waals surface area contributed by atoms with Gasteiger partial charge in [-0.05, 0) is 65.9 Å². The summed E-state index contributed by atoms with van der Waals surface area (Å²) in [5, 5.41) is 22.4. The van der Waals surface area contributed by atoms with Gasteiger partial charge in [-0.15, -0.1) is 0 Å². The van der Waals surface area contributed by atoms with Gasteiger partial charge in [0, 0.05) is 69.5 Å². The highest BCUT2D eigenvalue weighted by molar-refractivity contribution is 5.94. The maximum absolute atomic E-state index is 15.0. The molecule has 0 aliphatic carbocycles. The van der Waals surface area contributed by atoms with Crippen molar-refractivity contribution < 1.29 is 59.8 Å². The second-order valence-corrected chi connectivity index (χ2v) is 14.1. The standard InChI is InChI=1S/C35H46FN5O.2C2HF3O2/c1-4-17-41(3)18-15-39(16-19-41)25-30-8-6-10-32(21-30)35(42)38-23-28-11-12-34(36)33(22-28)31-9-5-7-29(20-31)26-40-14-13-37-27(2)24-40;2*3-2(4,5)1(6)7/h5-12,20-22,27,37H,4,13-19,23-26H2,1-3H3;2*(H,6,7)/t27-;;/m0../s1. The van der Waals surface area contributed by atoms with Crippen molar-refractivity contribution in [3.05, 3.63) is 94.8 Å². The lowest BCUT2D eigenvalue weighted by atomic mass is 10.00. The first-order valence-corrected chi connectivity index (χ1v) is 18.0. The molecule has 3 aromatic rings. The van der Waals surface area contributed by atoms with Gasteiger partial charge in [-0.25, -0.2) is 9.18 Å². The molecule has 0 saturated carbocycles. The van der Waals surface area contributed by atoms with Crippen LogP contribution in [-0.2, 0) is 29.2 Å². The second kappa shape index (κ2) is 20.5. The maximum Gasteiger partial charge on any atom is 0.490 e. The van der Waals surface area contributed by atoms with Crippen molar-refractivity contribution in [3.63, 3.8) is 0 Å². The zero-order valence-corrected chi connectivity index (χ0v) is 31.5. The molecular formula is C39H48F7N5O5. The predicted molar refractivity (Wildman–Crippen MR) is 193 cm³/mol. The zero-order chi connectivity index (χ0) is 41.7. The van der Waals surface area contributed by atoms with Crippen molar-refractivity contribution in [1.82, 2.24) is 20.4 Å². The van der Waals surface area contributed by atoms with Crippen LogP contribution in [0.25, 0.3) is 11.1 Å². The Bertz CT molecular complexity index is 1740. The van der Waals surface area contributed by atoms with Gasteiger partial charge in [-0.2, -0.15) is 26.3 Å². The Morgan fingerprint density at radius 2 is 1.46 bits per heavy atom. The Balaban J connectivity index is 0.000000512. The fourth-order valence-electron chi connectivity index (χ4n) is 6.42. The summed E-state index contributed by atoms with van der Waals surface area (Å²) in [6.07, 6.45) is -9.06. The van der Waals surface area contributed by atoms with Gasteiger partial charge in [0.25, 0.3) is 5.91 Å². The number of halogens is 7. The molecule has 0 radical (unpaired) electrons. The largest absolute Gasteiger partial charge is 0.542 e. The minimum Gasteiger partial charge on any atom is -0.542 e. The van der Waals surface area contributed by atoms with Crippen molar-refractivity contribution in [2.75, 3.05) is 59.4 Å². The number of piperazine rings is 2. The first-order chi connectivity index (χ1) is 26.2. The molecule has 0 bridgehead atoms. The molecule has 3 N–H and O–H groups in total. The topological polar surface area (TPSA) is 125 Å². The Hall–Kier alpha value is -4.58. The lowest BCUT2D eigenvalue weighted by molar-refractivity contribution is -0.913. The molecule has 10 nitrogen and oxygen atoms in total. The Kier molecular flexibility index (Phi) is 16.8. The summed E-state index contributed by atoms with van der Waals surface area (Å²) in [4.78, 5) is 35.7. The smallest absolute Gasteiger partial charge is 0.490 e. The number of likely N-dealkylation sites (N-methyl/N-ethyl adjacent to an activating group) is 1. The molecule has 308 valence electrons. The van der Waals surface area contributed by atoms with Gasteiger partial charge in [0.15, 0.2) is 0 Å². The molecule has 3 aromatic carbocycles. The van der Waals surface area contributed by atoms with E-state index in [2.05, 4.69) is 59.5 Å². The lowest BCUT2D eigenvalue weighted by Crippen LogP contribution is -2.57. The highest BCUT2D eigenvalue weighted by Gasteiger charge is 2.38. The normalized spacial score (nSPS) is 17.4. The quantitative estimate of drug-likeness (QED) is 0.197. The van der Waals surface area contributed by atoms with Crippen molar-refractivity contribution in [1.29, 1.82) is 0 Å². The first-order valence-electron chi connectivity index (χ1n) is 18.0. The number of hydrogen-bond donors (Lipinski definition) is 3. The molecule has 2 heterocycles. The van der Waals surface area contributed by atoms with Crippen LogP contribution in [0.1, 0.15) is 47.3 Å². The molecule has 56 heavy (non-hydrogen) atoms. The minimum absolute atomic E-state index is 0.110. The van der Waals surface area contributed by atoms with Gasteiger partial charge in [0.05, 0.1) is 26.7 Å². The van der Waals surface area contributed by atoms with E-state index in [4.69, 9.17) is 19.8 Å². The molecule has 2 saturated heterocycles. The van der Waals surface area contributed by atoms with E-state index >= 15 is 0 Å². The van der Waals surface area contributed by atoms with E-state index in [1.165, 1.54) is 37.7 Å². The zero-order valence-electron chi connectivity index (χ0n) is 31.5.